The van der Waals surface area contributed by atoms with E-state index in [4.69, 9.17) is 4.74 Å². The molecule has 1 saturated heterocycles. The molecule has 0 bridgehead atoms. The fourth-order valence-corrected chi connectivity index (χ4v) is 3.90. The molecule has 1 amide bonds. The van der Waals surface area contributed by atoms with Gasteiger partial charge in [0.25, 0.3) is 0 Å². The summed E-state index contributed by atoms with van der Waals surface area (Å²) in [6.45, 7) is 2.57. The highest BCUT2D eigenvalue weighted by Crippen LogP contribution is 2.29. The van der Waals surface area contributed by atoms with Crippen LogP contribution in [0.5, 0.6) is 5.75 Å². The van der Waals surface area contributed by atoms with E-state index in [9.17, 15) is 4.79 Å². The highest BCUT2D eigenvalue weighted by molar-refractivity contribution is 5.92. The van der Waals surface area contributed by atoms with Crippen LogP contribution in [0.25, 0.3) is 6.08 Å². The van der Waals surface area contributed by atoms with Crippen LogP contribution in [0.15, 0.2) is 30.3 Å². The second-order valence-electron chi connectivity index (χ2n) is 6.90. The fourth-order valence-electron chi connectivity index (χ4n) is 3.90. The Balaban J connectivity index is 1.37. The number of likely N-dealkylation sites (tertiary alicyclic amines) is 1. The van der Waals surface area contributed by atoms with Crippen molar-refractivity contribution in [2.24, 2.45) is 0 Å². The fraction of sp³-hybridized carbons (Fsp3) is 0.450. The summed E-state index contributed by atoms with van der Waals surface area (Å²) < 4.78 is 7.61. The zero-order chi connectivity index (χ0) is 17.9. The van der Waals surface area contributed by atoms with Crippen LogP contribution in [0.2, 0.25) is 0 Å². The Labute approximate surface area is 153 Å². The van der Waals surface area contributed by atoms with Gasteiger partial charge in [-0.1, -0.05) is 18.2 Å². The van der Waals surface area contributed by atoms with Crippen LogP contribution < -0.4 is 4.74 Å². The number of nitrogens with zero attached hydrogens (tertiary/aromatic N) is 4. The van der Waals surface area contributed by atoms with Crippen molar-refractivity contribution in [1.29, 1.82) is 0 Å². The Morgan fingerprint density at radius 3 is 2.81 bits per heavy atom. The molecular formula is C20H24N4O2. The monoisotopic (exact) mass is 352 g/mol. The number of amides is 1. The predicted octanol–water partition coefficient (Wildman–Crippen LogP) is 2.65. The molecule has 6 heteroatoms. The molecule has 6 nitrogen and oxygen atoms in total. The summed E-state index contributed by atoms with van der Waals surface area (Å²) in [4.78, 5) is 14.4. The largest absolute Gasteiger partial charge is 0.496 e. The third kappa shape index (κ3) is 3.23. The number of rotatable bonds is 4. The summed E-state index contributed by atoms with van der Waals surface area (Å²) in [7, 11) is 1.64. The number of para-hydroxylation sites is 1. The van der Waals surface area contributed by atoms with Gasteiger partial charge < -0.3 is 14.2 Å². The van der Waals surface area contributed by atoms with Crippen LogP contribution >= 0.6 is 0 Å². The Morgan fingerprint density at radius 1 is 1.19 bits per heavy atom. The molecule has 2 aliphatic rings. The number of carbonyl (C=O) groups is 1. The molecule has 1 aromatic carbocycles. The maximum Gasteiger partial charge on any atom is 0.246 e. The van der Waals surface area contributed by atoms with Gasteiger partial charge in [0.2, 0.25) is 5.91 Å². The third-order valence-corrected chi connectivity index (χ3v) is 5.35. The van der Waals surface area contributed by atoms with E-state index in [1.807, 2.05) is 35.2 Å². The Morgan fingerprint density at radius 2 is 2.00 bits per heavy atom. The molecule has 0 N–H and O–H groups in total. The minimum absolute atomic E-state index is 0.0563. The standard InChI is InChI=1S/C20H24N4O2/c1-26-17-6-3-2-5-15(17)8-9-19(25)23-13-10-16(11-14-23)20-22-21-18-7-4-12-24(18)20/h2-3,5-6,8-9,16H,4,7,10-14H2,1H3/b9-8+. The number of carbonyl (C=O) groups excluding carboxylic acids is 1. The molecule has 0 radical (unpaired) electrons. The topological polar surface area (TPSA) is 60.2 Å². The van der Waals surface area contributed by atoms with Gasteiger partial charge in [0, 0.05) is 43.6 Å². The minimum atomic E-state index is 0.0563. The zero-order valence-electron chi connectivity index (χ0n) is 15.1. The Bertz CT molecular complexity index is 819. The van der Waals surface area contributed by atoms with Crippen molar-refractivity contribution in [3.63, 3.8) is 0 Å². The van der Waals surface area contributed by atoms with Gasteiger partial charge in [0.15, 0.2) is 0 Å². The van der Waals surface area contributed by atoms with Gasteiger partial charge in [-0.15, -0.1) is 10.2 Å². The van der Waals surface area contributed by atoms with E-state index >= 15 is 0 Å². The molecule has 2 aliphatic heterocycles. The van der Waals surface area contributed by atoms with E-state index in [0.717, 1.165) is 61.9 Å². The van der Waals surface area contributed by atoms with E-state index < -0.39 is 0 Å². The number of hydrogen-bond donors (Lipinski definition) is 0. The van der Waals surface area contributed by atoms with E-state index in [0.29, 0.717) is 5.92 Å². The number of benzene rings is 1. The van der Waals surface area contributed by atoms with Crippen LogP contribution in [0.1, 0.15) is 42.4 Å². The van der Waals surface area contributed by atoms with Crippen LogP contribution in [0.3, 0.4) is 0 Å². The molecular weight excluding hydrogens is 328 g/mol. The molecule has 0 aliphatic carbocycles. The number of ether oxygens (including phenoxy) is 1. The first kappa shape index (κ1) is 16.8. The summed E-state index contributed by atoms with van der Waals surface area (Å²) in [6.07, 6.45) is 7.59. The molecule has 3 heterocycles. The van der Waals surface area contributed by atoms with Gasteiger partial charge in [0.05, 0.1) is 7.11 Å². The zero-order valence-corrected chi connectivity index (χ0v) is 15.1. The summed E-state index contributed by atoms with van der Waals surface area (Å²) in [5.41, 5.74) is 0.914. The molecule has 4 rings (SSSR count). The number of hydrogen-bond acceptors (Lipinski definition) is 4. The van der Waals surface area contributed by atoms with Crippen molar-refractivity contribution in [2.45, 2.75) is 38.1 Å². The van der Waals surface area contributed by atoms with Crippen LogP contribution in [0, 0.1) is 0 Å². The summed E-state index contributed by atoms with van der Waals surface area (Å²) in [6, 6.07) is 7.70. The maximum absolute atomic E-state index is 12.5. The summed E-state index contributed by atoms with van der Waals surface area (Å²) >= 11 is 0. The lowest BCUT2D eigenvalue weighted by atomic mass is 9.96. The molecule has 1 aromatic heterocycles. The molecule has 1 fully saturated rings. The number of methoxy groups -OCH3 is 1. The van der Waals surface area contributed by atoms with Gasteiger partial charge in [-0.25, -0.2) is 0 Å². The molecule has 136 valence electrons. The predicted molar refractivity (Wildman–Crippen MR) is 98.9 cm³/mol. The SMILES string of the molecule is COc1ccccc1/C=C/C(=O)N1CCC(c2nnc3n2CCC3)CC1. The lowest BCUT2D eigenvalue weighted by molar-refractivity contribution is -0.127. The highest BCUT2D eigenvalue weighted by atomic mass is 16.5. The first-order valence-electron chi connectivity index (χ1n) is 9.28. The van der Waals surface area contributed by atoms with Gasteiger partial charge >= 0.3 is 0 Å². The number of aryl methyl sites for hydroxylation is 1. The van der Waals surface area contributed by atoms with E-state index in [2.05, 4.69) is 14.8 Å². The second kappa shape index (κ2) is 7.32. The highest BCUT2D eigenvalue weighted by Gasteiger charge is 2.28. The molecule has 2 aromatic rings. The number of fused-ring (bicyclic) bond motifs is 1. The first-order valence-corrected chi connectivity index (χ1v) is 9.28. The number of aromatic nitrogens is 3. The van der Waals surface area contributed by atoms with Crippen molar-refractivity contribution in [3.8, 4) is 5.75 Å². The van der Waals surface area contributed by atoms with Gasteiger partial charge in [-0.3, -0.25) is 4.79 Å². The van der Waals surface area contributed by atoms with Crippen LogP contribution in [-0.4, -0.2) is 45.8 Å². The smallest absolute Gasteiger partial charge is 0.246 e. The normalized spacial score (nSPS) is 17.7. The third-order valence-electron chi connectivity index (χ3n) is 5.35. The molecule has 0 spiro atoms. The van der Waals surface area contributed by atoms with E-state index in [-0.39, 0.29) is 5.91 Å². The molecule has 0 unspecified atom stereocenters. The first-order chi connectivity index (χ1) is 12.8. The van der Waals surface area contributed by atoms with Crippen molar-refractivity contribution in [2.75, 3.05) is 20.2 Å². The molecule has 26 heavy (non-hydrogen) atoms. The summed E-state index contributed by atoms with van der Waals surface area (Å²) in [5.74, 6) is 3.49. The van der Waals surface area contributed by atoms with Crippen molar-refractivity contribution in [1.82, 2.24) is 19.7 Å². The Kier molecular flexibility index (Phi) is 4.73. The molecule has 0 saturated carbocycles. The quantitative estimate of drug-likeness (QED) is 0.794. The van der Waals surface area contributed by atoms with Crippen molar-refractivity contribution >= 4 is 12.0 Å². The maximum atomic E-state index is 12.5. The molecule has 0 atom stereocenters. The van der Waals surface area contributed by atoms with Crippen LogP contribution in [-0.2, 0) is 17.8 Å². The Hall–Kier alpha value is -2.63. The minimum Gasteiger partial charge on any atom is -0.496 e. The van der Waals surface area contributed by atoms with Crippen LogP contribution in [0.4, 0.5) is 0 Å². The van der Waals surface area contributed by atoms with E-state index in [1.54, 1.807) is 13.2 Å². The van der Waals surface area contributed by atoms with Gasteiger partial charge in [-0.05, 0) is 31.4 Å². The average molecular weight is 352 g/mol. The number of piperidine rings is 1. The van der Waals surface area contributed by atoms with Gasteiger partial charge in [-0.2, -0.15) is 0 Å². The second-order valence-corrected chi connectivity index (χ2v) is 6.90. The van der Waals surface area contributed by atoms with Crippen molar-refractivity contribution in [3.05, 3.63) is 47.6 Å². The van der Waals surface area contributed by atoms with E-state index in [1.165, 1.54) is 6.42 Å². The van der Waals surface area contributed by atoms with Gasteiger partial charge in [0.1, 0.15) is 17.4 Å². The lowest BCUT2D eigenvalue weighted by Crippen LogP contribution is -2.37. The average Bonchev–Trinajstić information content (AvgIpc) is 3.30. The summed E-state index contributed by atoms with van der Waals surface area (Å²) in [5, 5.41) is 8.72. The lowest BCUT2D eigenvalue weighted by Gasteiger charge is -2.30. The van der Waals surface area contributed by atoms with Crippen molar-refractivity contribution < 1.29 is 9.53 Å².